The number of halogens is 1. The van der Waals surface area contributed by atoms with E-state index in [1.165, 1.54) is 9.13 Å². The molecule has 18 heavy (non-hydrogen) atoms. The van der Waals surface area contributed by atoms with Crippen LogP contribution in [0.4, 0.5) is 0 Å². The zero-order chi connectivity index (χ0) is 12.8. The van der Waals surface area contributed by atoms with Crippen molar-refractivity contribution in [3.63, 3.8) is 0 Å². The predicted octanol–water partition coefficient (Wildman–Crippen LogP) is 3.36. The quantitative estimate of drug-likeness (QED) is 0.768. The van der Waals surface area contributed by atoms with Gasteiger partial charge in [0.25, 0.3) is 0 Å². The third-order valence-electron chi connectivity index (χ3n) is 2.82. The highest BCUT2D eigenvalue weighted by atomic mass is 127. The molecule has 0 radical (unpaired) electrons. The van der Waals surface area contributed by atoms with Crippen molar-refractivity contribution in [1.82, 2.24) is 9.88 Å². The summed E-state index contributed by atoms with van der Waals surface area (Å²) in [5.74, 6) is 0. The Hall–Kier alpha value is -0.940. The van der Waals surface area contributed by atoms with E-state index in [2.05, 4.69) is 69.9 Å². The van der Waals surface area contributed by atoms with Gasteiger partial charge < -0.3 is 4.90 Å². The fraction of sp³-hybridized carbons (Fsp3) is 0.267. The highest BCUT2D eigenvalue weighted by molar-refractivity contribution is 14.1. The first-order chi connectivity index (χ1) is 8.74. The fourth-order valence-corrected chi connectivity index (χ4v) is 2.49. The molecule has 0 saturated heterocycles. The summed E-state index contributed by atoms with van der Waals surface area (Å²) in [5.41, 5.74) is 2.53. The third kappa shape index (κ3) is 4.38. The summed E-state index contributed by atoms with van der Waals surface area (Å²) in [4.78, 5) is 6.68. The predicted molar refractivity (Wildman–Crippen MR) is 83.4 cm³/mol. The van der Waals surface area contributed by atoms with E-state index in [1.807, 2.05) is 18.3 Å². The van der Waals surface area contributed by atoms with Crippen molar-refractivity contribution >= 4 is 22.6 Å². The number of hydrogen-bond acceptors (Lipinski definition) is 2. The Bertz CT molecular complexity index is 485. The summed E-state index contributed by atoms with van der Waals surface area (Å²) < 4.78 is 1.29. The van der Waals surface area contributed by atoms with E-state index in [9.17, 15) is 0 Å². The van der Waals surface area contributed by atoms with Gasteiger partial charge in [-0.25, -0.2) is 0 Å². The lowest BCUT2D eigenvalue weighted by molar-refractivity contribution is 0.330. The normalized spacial score (nSPS) is 10.8. The number of nitrogens with zero attached hydrogens (tertiary/aromatic N) is 2. The van der Waals surface area contributed by atoms with E-state index in [1.54, 1.807) is 0 Å². The van der Waals surface area contributed by atoms with Gasteiger partial charge in [0, 0.05) is 35.0 Å². The van der Waals surface area contributed by atoms with Gasteiger partial charge in [0.1, 0.15) is 0 Å². The van der Waals surface area contributed by atoms with E-state index in [0.29, 0.717) is 0 Å². The van der Waals surface area contributed by atoms with Crippen LogP contribution in [0.15, 0.2) is 48.7 Å². The fourth-order valence-electron chi connectivity index (χ4n) is 1.88. The van der Waals surface area contributed by atoms with Gasteiger partial charge in [-0.2, -0.15) is 0 Å². The lowest BCUT2D eigenvalue weighted by atomic mass is 10.2. The van der Waals surface area contributed by atoms with E-state index in [0.717, 1.165) is 25.2 Å². The lowest BCUT2D eigenvalue weighted by Crippen LogP contribution is -2.21. The van der Waals surface area contributed by atoms with E-state index in [-0.39, 0.29) is 0 Å². The average Bonchev–Trinajstić information content (AvgIpc) is 2.38. The van der Waals surface area contributed by atoms with E-state index >= 15 is 0 Å². The highest BCUT2D eigenvalue weighted by Crippen LogP contribution is 2.09. The number of likely N-dealkylation sites (N-methyl/N-ethyl adjacent to an activating group) is 1. The van der Waals surface area contributed by atoms with Crippen LogP contribution >= 0.6 is 22.6 Å². The second-order valence-electron chi connectivity index (χ2n) is 4.44. The Balaban J connectivity index is 1.84. The minimum Gasteiger partial charge on any atom is -0.302 e. The lowest BCUT2D eigenvalue weighted by Gasteiger charge is -2.16. The Morgan fingerprint density at radius 3 is 2.78 bits per heavy atom. The zero-order valence-corrected chi connectivity index (χ0v) is 12.7. The van der Waals surface area contributed by atoms with Gasteiger partial charge in [-0.05, 0) is 59.5 Å². The smallest absolute Gasteiger partial charge is 0.0416 e. The average molecular weight is 352 g/mol. The van der Waals surface area contributed by atoms with E-state index in [4.69, 9.17) is 0 Å². The molecule has 0 amide bonds. The summed E-state index contributed by atoms with van der Waals surface area (Å²) >= 11 is 2.35. The summed E-state index contributed by atoms with van der Waals surface area (Å²) in [6.45, 7) is 2.02. The summed E-state index contributed by atoms with van der Waals surface area (Å²) in [5, 5.41) is 0. The topological polar surface area (TPSA) is 16.1 Å². The molecular weight excluding hydrogens is 335 g/mol. The first-order valence-corrected chi connectivity index (χ1v) is 7.15. The molecule has 0 N–H and O–H groups in total. The molecule has 0 spiro atoms. The van der Waals surface area contributed by atoms with Crippen LogP contribution in [-0.4, -0.2) is 23.5 Å². The van der Waals surface area contributed by atoms with E-state index < -0.39 is 0 Å². The Morgan fingerprint density at radius 1 is 1.17 bits per heavy atom. The minimum atomic E-state index is 0.990. The molecule has 2 nitrogen and oxygen atoms in total. The van der Waals surface area contributed by atoms with Gasteiger partial charge >= 0.3 is 0 Å². The van der Waals surface area contributed by atoms with Crippen LogP contribution in [0.1, 0.15) is 11.3 Å². The van der Waals surface area contributed by atoms with Crippen molar-refractivity contribution < 1.29 is 0 Å². The number of hydrogen-bond donors (Lipinski definition) is 0. The minimum absolute atomic E-state index is 0.990. The molecule has 0 atom stereocenters. The van der Waals surface area contributed by atoms with Gasteiger partial charge in [0.15, 0.2) is 0 Å². The molecule has 0 fully saturated rings. The largest absolute Gasteiger partial charge is 0.302 e. The highest BCUT2D eigenvalue weighted by Gasteiger charge is 2.02. The van der Waals surface area contributed by atoms with Crippen molar-refractivity contribution in [3.8, 4) is 0 Å². The second-order valence-corrected chi connectivity index (χ2v) is 5.68. The maximum Gasteiger partial charge on any atom is 0.0416 e. The third-order valence-corrected chi connectivity index (χ3v) is 3.49. The monoisotopic (exact) mass is 352 g/mol. The van der Waals surface area contributed by atoms with Gasteiger partial charge in [0.05, 0.1) is 0 Å². The molecule has 1 aromatic carbocycles. The maximum absolute atomic E-state index is 4.34. The number of aromatic nitrogens is 1. The van der Waals surface area contributed by atoms with Crippen LogP contribution in [0.2, 0.25) is 0 Å². The van der Waals surface area contributed by atoms with Crippen molar-refractivity contribution in [2.45, 2.75) is 13.0 Å². The molecule has 0 bridgehead atoms. The van der Waals surface area contributed by atoms with Crippen molar-refractivity contribution in [3.05, 3.63) is 63.5 Å². The molecule has 0 aliphatic carbocycles. The zero-order valence-electron chi connectivity index (χ0n) is 10.5. The first kappa shape index (κ1) is 13.5. The molecule has 0 saturated carbocycles. The van der Waals surface area contributed by atoms with Gasteiger partial charge in [-0.3, -0.25) is 4.98 Å². The van der Waals surface area contributed by atoms with Crippen LogP contribution in [0.3, 0.4) is 0 Å². The number of rotatable bonds is 5. The van der Waals surface area contributed by atoms with Crippen LogP contribution in [0, 0.1) is 3.57 Å². The second kappa shape index (κ2) is 6.85. The number of pyridine rings is 1. The van der Waals surface area contributed by atoms with Crippen molar-refractivity contribution in [1.29, 1.82) is 0 Å². The van der Waals surface area contributed by atoms with Gasteiger partial charge in [-0.1, -0.05) is 18.2 Å². The Morgan fingerprint density at radius 2 is 2.06 bits per heavy atom. The standard InChI is InChI=1S/C15H17IN2/c1-18(10-8-15-7-2-3-9-17-15)12-13-5-4-6-14(16)11-13/h2-7,9,11H,8,10,12H2,1H3. The summed E-state index contributed by atoms with van der Waals surface area (Å²) in [6, 6.07) is 14.7. The summed E-state index contributed by atoms with van der Waals surface area (Å²) in [6.07, 6.45) is 2.86. The van der Waals surface area contributed by atoms with Gasteiger partial charge in [0.2, 0.25) is 0 Å². The van der Waals surface area contributed by atoms with Crippen molar-refractivity contribution in [2.24, 2.45) is 0 Å². The molecular formula is C15H17IN2. The molecule has 0 aliphatic rings. The SMILES string of the molecule is CN(CCc1ccccn1)Cc1cccc(I)c1. The molecule has 1 heterocycles. The van der Waals surface area contributed by atoms with Crippen molar-refractivity contribution in [2.75, 3.05) is 13.6 Å². The first-order valence-electron chi connectivity index (χ1n) is 6.07. The number of benzene rings is 1. The Kier molecular flexibility index (Phi) is 5.13. The van der Waals surface area contributed by atoms with Gasteiger partial charge in [-0.15, -0.1) is 0 Å². The molecule has 0 aliphatic heterocycles. The molecule has 1 aromatic heterocycles. The van der Waals surface area contributed by atoms with Crippen LogP contribution in [0.25, 0.3) is 0 Å². The van der Waals surface area contributed by atoms with Crippen LogP contribution < -0.4 is 0 Å². The molecule has 3 heteroatoms. The molecule has 2 rings (SSSR count). The Labute approximate surface area is 122 Å². The molecule has 2 aromatic rings. The summed E-state index contributed by atoms with van der Waals surface area (Å²) in [7, 11) is 2.16. The molecule has 0 unspecified atom stereocenters. The molecule has 94 valence electrons. The van der Waals surface area contributed by atoms with Crippen LogP contribution in [-0.2, 0) is 13.0 Å². The van der Waals surface area contributed by atoms with Crippen LogP contribution in [0.5, 0.6) is 0 Å². The maximum atomic E-state index is 4.34.